The Morgan fingerprint density at radius 3 is 2.55 bits per heavy atom. The van der Waals surface area contributed by atoms with E-state index in [2.05, 4.69) is 33.4 Å². The first-order valence-corrected chi connectivity index (χ1v) is 17.7. The topological polar surface area (TPSA) is 115 Å². The number of fused-ring (bicyclic) bond motifs is 3. The Hall–Kier alpha value is -4.89. The van der Waals surface area contributed by atoms with E-state index >= 15 is 4.39 Å². The monoisotopic (exact) mass is 776 g/mol. The number of halogens is 7. The number of carbonyl (C=O) groups excluding carboxylic acids is 1. The van der Waals surface area contributed by atoms with E-state index in [1.165, 1.54) is 25.7 Å². The van der Waals surface area contributed by atoms with E-state index in [9.17, 15) is 31.1 Å². The molecule has 0 spiro atoms. The van der Waals surface area contributed by atoms with Gasteiger partial charge in [-0.2, -0.15) is 41.4 Å². The third kappa shape index (κ3) is 6.96. The summed E-state index contributed by atoms with van der Waals surface area (Å²) >= 11 is 0. The molecule has 18 heteroatoms. The van der Waals surface area contributed by atoms with Crippen LogP contribution >= 0.6 is 0 Å². The van der Waals surface area contributed by atoms with Crippen LogP contribution in [0.25, 0.3) is 0 Å². The van der Waals surface area contributed by atoms with Gasteiger partial charge in [-0.1, -0.05) is 18.1 Å². The van der Waals surface area contributed by atoms with Gasteiger partial charge in [-0.3, -0.25) is 14.4 Å². The number of aryl methyl sites for hydroxylation is 1. The second kappa shape index (κ2) is 14.0. The first-order valence-electron chi connectivity index (χ1n) is 17.7. The molecule has 0 saturated carbocycles. The van der Waals surface area contributed by atoms with Crippen LogP contribution < -0.4 is 15.4 Å². The highest BCUT2D eigenvalue weighted by molar-refractivity contribution is 5.94. The van der Waals surface area contributed by atoms with Gasteiger partial charge in [-0.25, -0.2) is 4.39 Å². The van der Waals surface area contributed by atoms with Crippen molar-refractivity contribution in [1.82, 2.24) is 29.5 Å². The summed E-state index contributed by atoms with van der Waals surface area (Å²) in [6.45, 7) is 6.64. The van der Waals surface area contributed by atoms with Crippen molar-refractivity contribution in [3.05, 3.63) is 68.9 Å². The molecule has 294 valence electrons. The summed E-state index contributed by atoms with van der Waals surface area (Å²) in [5, 5.41) is 4.09. The fraction of sp³-hybridized carbons (Fsp3) is 0.514. The molecular weight excluding hydrogens is 737 g/mol. The lowest BCUT2D eigenvalue weighted by Gasteiger charge is -2.33. The maximum Gasteiger partial charge on any atom is 0.420 e. The second-order valence-corrected chi connectivity index (χ2v) is 14.6. The van der Waals surface area contributed by atoms with Crippen LogP contribution in [0.3, 0.4) is 0 Å². The van der Waals surface area contributed by atoms with Crippen LogP contribution in [-0.4, -0.2) is 81.3 Å². The van der Waals surface area contributed by atoms with Gasteiger partial charge in [-0.05, 0) is 45.2 Å². The van der Waals surface area contributed by atoms with Crippen molar-refractivity contribution in [2.45, 2.75) is 82.7 Å². The lowest BCUT2D eigenvalue weighted by Crippen LogP contribution is -2.43. The highest BCUT2D eigenvalue weighted by Crippen LogP contribution is 2.46. The van der Waals surface area contributed by atoms with Crippen molar-refractivity contribution in [3.8, 4) is 17.9 Å². The number of aromatic nitrogens is 4. The van der Waals surface area contributed by atoms with Crippen molar-refractivity contribution >= 4 is 17.4 Å². The number of hydrogen-bond acceptors (Lipinski definition) is 9. The van der Waals surface area contributed by atoms with Crippen molar-refractivity contribution in [3.63, 3.8) is 0 Å². The SMILES string of the molecule is C=C1CN2CCC[C@@]2(COc2nc3c(c(N4CCCn5nc(C(=O)N(C)C)c(C(F)(F)F)c5C4)n2)CO[C@@H](c2c(F)c(N)cc(C#CC)c2C(F)(F)F)C3)C1. The highest BCUT2D eigenvalue weighted by Gasteiger charge is 2.48. The number of anilines is 2. The number of carbonyl (C=O) groups is 1. The average Bonchev–Trinajstić information content (AvgIpc) is 3.71. The number of amides is 1. The summed E-state index contributed by atoms with van der Waals surface area (Å²) in [6.07, 6.45) is -9.13. The van der Waals surface area contributed by atoms with Gasteiger partial charge in [0.2, 0.25) is 0 Å². The molecule has 2 atom stereocenters. The van der Waals surface area contributed by atoms with Crippen molar-refractivity contribution in [2.75, 3.05) is 51.0 Å². The Morgan fingerprint density at radius 1 is 1.11 bits per heavy atom. The summed E-state index contributed by atoms with van der Waals surface area (Å²) < 4.78 is 117. The minimum absolute atomic E-state index is 0.0605. The van der Waals surface area contributed by atoms with Crippen LogP contribution in [0.1, 0.15) is 88.4 Å². The molecule has 1 aromatic carbocycles. The van der Waals surface area contributed by atoms with Crippen LogP contribution in [0, 0.1) is 17.7 Å². The van der Waals surface area contributed by atoms with Crippen molar-refractivity contribution < 1.29 is 45.0 Å². The van der Waals surface area contributed by atoms with Crippen molar-refractivity contribution in [2.24, 2.45) is 0 Å². The van der Waals surface area contributed by atoms with Gasteiger partial charge in [0, 0.05) is 56.8 Å². The molecule has 7 rings (SSSR count). The van der Waals surface area contributed by atoms with Crippen LogP contribution in [0.4, 0.5) is 42.2 Å². The molecule has 55 heavy (non-hydrogen) atoms. The third-order valence-electron chi connectivity index (χ3n) is 10.6. The molecule has 0 radical (unpaired) electrons. The van der Waals surface area contributed by atoms with E-state index in [4.69, 9.17) is 20.2 Å². The van der Waals surface area contributed by atoms with E-state index in [1.54, 1.807) is 4.90 Å². The van der Waals surface area contributed by atoms with Crippen LogP contribution in [0.15, 0.2) is 18.2 Å². The first kappa shape index (κ1) is 38.4. The maximum atomic E-state index is 15.7. The Balaban J connectivity index is 1.33. The van der Waals surface area contributed by atoms with Gasteiger partial charge in [0.05, 0.1) is 47.4 Å². The number of hydrogen-bond donors (Lipinski definition) is 1. The van der Waals surface area contributed by atoms with E-state index in [1.807, 2.05) is 0 Å². The van der Waals surface area contributed by atoms with Crippen LogP contribution in [0.5, 0.6) is 6.01 Å². The molecule has 3 aromatic rings. The summed E-state index contributed by atoms with van der Waals surface area (Å²) in [7, 11) is 2.66. The Kier molecular flexibility index (Phi) is 9.77. The van der Waals surface area contributed by atoms with Gasteiger partial charge in [0.25, 0.3) is 5.91 Å². The number of rotatable bonds is 6. The van der Waals surface area contributed by atoms with E-state index in [0.717, 1.165) is 35.9 Å². The molecule has 1 amide bonds. The van der Waals surface area contributed by atoms with Gasteiger partial charge in [0.1, 0.15) is 18.0 Å². The Bertz CT molecular complexity index is 2120. The van der Waals surface area contributed by atoms with Crippen LogP contribution in [-0.2, 0) is 43.2 Å². The predicted molar refractivity (Wildman–Crippen MR) is 185 cm³/mol. The van der Waals surface area contributed by atoms with E-state index in [-0.39, 0.29) is 67.0 Å². The zero-order valence-electron chi connectivity index (χ0n) is 30.4. The molecular formula is C37H39F7N8O3. The lowest BCUT2D eigenvalue weighted by molar-refractivity contribution is -0.140. The third-order valence-corrected chi connectivity index (χ3v) is 10.6. The number of nitrogen functional groups attached to an aromatic ring is 1. The molecule has 0 bridgehead atoms. The zero-order valence-corrected chi connectivity index (χ0v) is 30.4. The normalized spacial score (nSPS) is 21.4. The largest absolute Gasteiger partial charge is 0.461 e. The number of alkyl halides is 6. The Morgan fingerprint density at radius 2 is 1.85 bits per heavy atom. The summed E-state index contributed by atoms with van der Waals surface area (Å²) in [5.74, 6) is 2.71. The quantitative estimate of drug-likeness (QED) is 0.142. The molecule has 2 aromatic heterocycles. The lowest BCUT2D eigenvalue weighted by atomic mass is 9.90. The number of nitrogens with zero attached hydrogens (tertiary/aromatic N) is 7. The molecule has 0 aliphatic carbocycles. The average molecular weight is 777 g/mol. The number of nitrogens with two attached hydrogens (primary N) is 1. The molecule has 2 N–H and O–H groups in total. The summed E-state index contributed by atoms with van der Waals surface area (Å²) in [4.78, 5) is 27.1. The molecule has 4 aliphatic heterocycles. The fourth-order valence-electron chi connectivity index (χ4n) is 8.28. The minimum Gasteiger partial charge on any atom is -0.461 e. The molecule has 2 saturated heterocycles. The van der Waals surface area contributed by atoms with E-state index < -0.39 is 70.4 Å². The standard InChI is InChI=1S/C37H39F7N8O3/c1-5-8-21-13-23(45)30(38)27(28(21)36(39,40)41)26-14-24-22(18-54-26)32(47-34(46-24)55-19-35-9-6-11-51(35)16-20(2)15-35)50-10-7-12-52-25(17-50)29(37(42,43)44)31(48-52)33(53)49(3)4/h13,26H,2,6-7,9-12,14-19,45H2,1,3-4H3/t26-,35+/m1/s1. The number of ether oxygens (including phenoxy) is 2. The van der Waals surface area contributed by atoms with Crippen molar-refractivity contribution in [1.29, 1.82) is 0 Å². The molecule has 11 nitrogen and oxygen atoms in total. The summed E-state index contributed by atoms with van der Waals surface area (Å²) in [5.41, 5.74) is 1.63. The van der Waals surface area contributed by atoms with Gasteiger partial charge >= 0.3 is 18.4 Å². The van der Waals surface area contributed by atoms with Crippen LogP contribution in [0.2, 0.25) is 0 Å². The molecule has 2 fully saturated rings. The minimum atomic E-state index is -5.03. The first-order chi connectivity index (χ1) is 25.9. The highest BCUT2D eigenvalue weighted by atomic mass is 19.4. The smallest absolute Gasteiger partial charge is 0.420 e. The van der Waals surface area contributed by atoms with Gasteiger partial charge < -0.3 is 25.0 Å². The Labute approximate surface area is 312 Å². The fourth-order valence-corrected chi connectivity index (χ4v) is 8.28. The van der Waals surface area contributed by atoms with Gasteiger partial charge in [-0.15, -0.1) is 5.92 Å². The maximum absolute atomic E-state index is 15.7. The predicted octanol–water partition coefficient (Wildman–Crippen LogP) is 5.90. The van der Waals surface area contributed by atoms with Gasteiger partial charge in [0.15, 0.2) is 11.5 Å². The van der Waals surface area contributed by atoms with E-state index in [0.29, 0.717) is 19.4 Å². The second-order valence-electron chi connectivity index (χ2n) is 14.6. The summed E-state index contributed by atoms with van der Waals surface area (Å²) in [6, 6.07) is 0.688. The molecule has 4 aliphatic rings. The zero-order chi connectivity index (χ0) is 39.6. The molecule has 0 unspecified atom stereocenters. The number of benzene rings is 1. The molecule has 6 heterocycles.